The van der Waals surface area contributed by atoms with Gasteiger partial charge in [0.15, 0.2) is 0 Å². The molecule has 1 rings (SSSR count). The predicted octanol–water partition coefficient (Wildman–Crippen LogP) is 1.27. The van der Waals surface area contributed by atoms with Crippen molar-refractivity contribution in [2.24, 2.45) is 5.92 Å². The van der Waals surface area contributed by atoms with Crippen LogP contribution >= 0.6 is 0 Å². The van der Waals surface area contributed by atoms with Crippen LogP contribution in [0.2, 0.25) is 0 Å². The van der Waals surface area contributed by atoms with Crippen LogP contribution in [0, 0.1) is 5.92 Å². The highest BCUT2D eigenvalue weighted by molar-refractivity contribution is 5.86. The maximum atomic E-state index is 11.3. The van der Waals surface area contributed by atoms with Crippen molar-refractivity contribution < 1.29 is 9.59 Å². The summed E-state index contributed by atoms with van der Waals surface area (Å²) in [5, 5.41) is 2.61. The minimum Gasteiger partial charge on any atom is -0.359 e. The highest BCUT2D eigenvalue weighted by Crippen LogP contribution is 2.20. The Bertz CT molecular complexity index is 201. The summed E-state index contributed by atoms with van der Waals surface area (Å²) in [4.78, 5) is 22.6. The van der Waals surface area contributed by atoms with Gasteiger partial charge in [-0.2, -0.15) is 0 Å². The van der Waals surface area contributed by atoms with Crippen LogP contribution in [0.1, 0.15) is 38.5 Å². The molecule has 1 aliphatic carbocycles. The summed E-state index contributed by atoms with van der Waals surface area (Å²) in [6.45, 7) is 0. The molecule has 1 saturated carbocycles. The second-order valence-electron chi connectivity index (χ2n) is 3.65. The van der Waals surface area contributed by atoms with Gasteiger partial charge in [-0.3, -0.25) is 9.59 Å². The Labute approximate surface area is 78.9 Å². The van der Waals surface area contributed by atoms with Gasteiger partial charge in [-0.1, -0.05) is 12.8 Å². The van der Waals surface area contributed by atoms with Crippen LogP contribution in [0.15, 0.2) is 0 Å². The van der Waals surface area contributed by atoms with Gasteiger partial charge >= 0.3 is 0 Å². The zero-order valence-electron chi connectivity index (χ0n) is 8.14. The van der Waals surface area contributed by atoms with E-state index >= 15 is 0 Å². The molecule has 1 fully saturated rings. The second kappa shape index (κ2) is 5.00. The molecule has 13 heavy (non-hydrogen) atoms. The van der Waals surface area contributed by atoms with Crippen molar-refractivity contribution in [2.75, 3.05) is 7.05 Å². The molecule has 1 N–H and O–H groups in total. The lowest BCUT2D eigenvalue weighted by Crippen LogP contribution is -2.29. The van der Waals surface area contributed by atoms with Gasteiger partial charge in [0.05, 0.1) is 0 Å². The normalized spacial score (nSPS) is 24.7. The highest BCUT2D eigenvalue weighted by Gasteiger charge is 2.21. The van der Waals surface area contributed by atoms with Gasteiger partial charge in [0.25, 0.3) is 0 Å². The Morgan fingerprint density at radius 2 is 2.15 bits per heavy atom. The van der Waals surface area contributed by atoms with Gasteiger partial charge in [0.2, 0.25) is 5.91 Å². The molecule has 74 valence electrons. The lowest BCUT2D eigenvalue weighted by Gasteiger charge is -2.16. The predicted molar refractivity (Wildman–Crippen MR) is 50.3 cm³/mol. The lowest BCUT2D eigenvalue weighted by molar-refractivity contribution is -0.129. The zero-order chi connectivity index (χ0) is 9.68. The molecule has 0 saturated heterocycles. The van der Waals surface area contributed by atoms with Crippen LogP contribution in [-0.4, -0.2) is 18.7 Å². The third-order valence-corrected chi connectivity index (χ3v) is 2.60. The molecule has 3 heteroatoms. The molecular weight excluding hydrogens is 166 g/mol. The van der Waals surface area contributed by atoms with Gasteiger partial charge in [0, 0.05) is 25.8 Å². The average Bonchev–Trinajstić information content (AvgIpc) is 2.10. The Morgan fingerprint density at radius 1 is 1.38 bits per heavy atom. The molecule has 1 atom stereocenters. The lowest BCUT2D eigenvalue weighted by atomic mass is 9.90. The summed E-state index contributed by atoms with van der Waals surface area (Å²) in [7, 11) is 1.63. The number of nitrogens with one attached hydrogen (secondary N) is 1. The minimum absolute atomic E-state index is 0.0234. The topological polar surface area (TPSA) is 46.2 Å². The fourth-order valence-corrected chi connectivity index (χ4v) is 1.80. The summed E-state index contributed by atoms with van der Waals surface area (Å²) in [5.41, 5.74) is 0. The van der Waals surface area contributed by atoms with Crippen molar-refractivity contribution >= 4 is 11.7 Å². The van der Waals surface area contributed by atoms with Gasteiger partial charge < -0.3 is 5.32 Å². The molecule has 3 nitrogen and oxygen atoms in total. The SMILES string of the molecule is CNC(=O)C1CCCCCC(=O)C1. The van der Waals surface area contributed by atoms with Crippen molar-refractivity contribution in [1.29, 1.82) is 0 Å². The molecular formula is C10H17NO2. The van der Waals surface area contributed by atoms with Gasteiger partial charge in [0.1, 0.15) is 5.78 Å². The summed E-state index contributed by atoms with van der Waals surface area (Å²) in [5.74, 6) is 0.196. The fourth-order valence-electron chi connectivity index (χ4n) is 1.80. The van der Waals surface area contributed by atoms with Crippen LogP contribution in [0.25, 0.3) is 0 Å². The first-order chi connectivity index (χ1) is 6.24. The van der Waals surface area contributed by atoms with Crippen LogP contribution in [0.3, 0.4) is 0 Å². The van der Waals surface area contributed by atoms with Crippen molar-refractivity contribution in [3.63, 3.8) is 0 Å². The van der Waals surface area contributed by atoms with E-state index in [2.05, 4.69) is 5.32 Å². The molecule has 1 amide bonds. The van der Waals surface area contributed by atoms with E-state index in [9.17, 15) is 9.59 Å². The van der Waals surface area contributed by atoms with Crippen LogP contribution in [0.4, 0.5) is 0 Å². The molecule has 0 spiro atoms. The third-order valence-electron chi connectivity index (χ3n) is 2.60. The highest BCUT2D eigenvalue weighted by atomic mass is 16.2. The van der Waals surface area contributed by atoms with E-state index in [1.807, 2.05) is 0 Å². The van der Waals surface area contributed by atoms with Gasteiger partial charge in [-0.05, 0) is 12.8 Å². The van der Waals surface area contributed by atoms with Crippen LogP contribution < -0.4 is 5.32 Å². The Kier molecular flexibility index (Phi) is 3.93. The third kappa shape index (κ3) is 3.17. The van der Waals surface area contributed by atoms with Crippen molar-refractivity contribution in [3.8, 4) is 0 Å². The van der Waals surface area contributed by atoms with Gasteiger partial charge in [-0.25, -0.2) is 0 Å². The van der Waals surface area contributed by atoms with E-state index in [4.69, 9.17) is 0 Å². The molecule has 0 heterocycles. The summed E-state index contributed by atoms with van der Waals surface area (Å²) < 4.78 is 0. The number of hydrogen-bond donors (Lipinski definition) is 1. The standard InChI is InChI=1S/C10H17NO2/c1-11-10(13)8-5-3-2-4-6-9(12)7-8/h8H,2-7H2,1H3,(H,11,13). The Hall–Kier alpha value is -0.860. The smallest absolute Gasteiger partial charge is 0.223 e. The average molecular weight is 183 g/mol. The van der Waals surface area contributed by atoms with E-state index in [1.54, 1.807) is 7.05 Å². The first-order valence-electron chi connectivity index (χ1n) is 4.97. The molecule has 0 aromatic rings. The quantitative estimate of drug-likeness (QED) is 0.665. The maximum absolute atomic E-state index is 11.3. The van der Waals surface area contributed by atoms with E-state index in [0.29, 0.717) is 12.8 Å². The number of rotatable bonds is 1. The summed E-state index contributed by atoms with van der Waals surface area (Å²) in [6.07, 6.45) is 5.13. The van der Waals surface area contributed by atoms with Crippen LogP contribution in [0.5, 0.6) is 0 Å². The fraction of sp³-hybridized carbons (Fsp3) is 0.800. The van der Waals surface area contributed by atoms with E-state index in [1.165, 1.54) is 0 Å². The molecule has 1 aliphatic rings. The number of hydrogen-bond acceptors (Lipinski definition) is 2. The monoisotopic (exact) mass is 183 g/mol. The number of Topliss-reactive ketones (excluding diaryl/α,β-unsaturated/α-hetero) is 1. The Morgan fingerprint density at radius 3 is 2.85 bits per heavy atom. The molecule has 1 unspecified atom stereocenters. The molecule has 0 radical (unpaired) electrons. The maximum Gasteiger partial charge on any atom is 0.223 e. The van der Waals surface area contributed by atoms with Gasteiger partial charge in [-0.15, -0.1) is 0 Å². The number of amides is 1. The molecule has 0 bridgehead atoms. The van der Waals surface area contributed by atoms with E-state index in [0.717, 1.165) is 25.7 Å². The minimum atomic E-state index is -0.0715. The molecule has 0 aromatic carbocycles. The number of ketones is 1. The van der Waals surface area contributed by atoms with Crippen molar-refractivity contribution in [3.05, 3.63) is 0 Å². The zero-order valence-corrected chi connectivity index (χ0v) is 8.14. The summed E-state index contributed by atoms with van der Waals surface area (Å²) in [6, 6.07) is 0. The van der Waals surface area contributed by atoms with Crippen LogP contribution in [-0.2, 0) is 9.59 Å². The summed E-state index contributed by atoms with van der Waals surface area (Å²) >= 11 is 0. The molecule has 0 aliphatic heterocycles. The largest absolute Gasteiger partial charge is 0.359 e. The molecule has 0 aromatic heterocycles. The first kappa shape index (κ1) is 10.2. The van der Waals surface area contributed by atoms with Crippen molar-refractivity contribution in [1.82, 2.24) is 5.32 Å². The number of carbonyl (C=O) groups excluding carboxylic acids is 2. The van der Waals surface area contributed by atoms with E-state index < -0.39 is 0 Å². The first-order valence-corrected chi connectivity index (χ1v) is 4.97. The van der Waals surface area contributed by atoms with Crippen molar-refractivity contribution in [2.45, 2.75) is 38.5 Å². The number of carbonyl (C=O) groups is 2. The Balaban J connectivity index is 2.50. The van der Waals surface area contributed by atoms with E-state index in [-0.39, 0.29) is 17.6 Å². The second-order valence-corrected chi connectivity index (χ2v) is 3.65.